The average Bonchev–Trinajstić information content (AvgIpc) is 3.56. The lowest BCUT2D eigenvalue weighted by Gasteiger charge is -2.32. The van der Waals surface area contributed by atoms with Crippen LogP contribution in [0.25, 0.3) is 0 Å². The third-order valence-corrected chi connectivity index (χ3v) is 9.81. The molecule has 3 aromatic carbocycles. The maximum Gasteiger partial charge on any atom is 0.264 e. The van der Waals surface area contributed by atoms with Crippen LogP contribution in [0, 0.1) is 0 Å². The van der Waals surface area contributed by atoms with E-state index in [4.69, 9.17) is 25.8 Å². The van der Waals surface area contributed by atoms with E-state index in [1.165, 1.54) is 37.3 Å². The molecule has 45 heavy (non-hydrogen) atoms. The van der Waals surface area contributed by atoms with Gasteiger partial charge in [-0.2, -0.15) is 0 Å². The smallest absolute Gasteiger partial charge is 0.264 e. The van der Waals surface area contributed by atoms with E-state index in [9.17, 15) is 18.0 Å². The largest absolute Gasteiger partial charge is 0.494 e. The van der Waals surface area contributed by atoms with Gasteiger partial charge in [0.15, 0.2) is 11.5 Å². The zero-order valence-electron chi connectivity index (χ0n) is 26.0. The third kappa shape index (κ3) is 8.40. The Morgan fingerprint density at radius 1 is 0.956 bits per heavy atom. The predicted octanol–water partition coefficient (Wildman–Crippen LogP) is 5.43. The number of hydrogen-bond donors (Lipinski definition) is 1. The molecule has 4 rings (SSSR count). The van der Waals surface area contributed by atoms with Gasteiger partial charge in [0.05, 0.1) is 31.4 Å². The van der Waals surface area contributed by atoms with Crippen LogP contribution >= 0.6 is 11.6 Å². The van der Waals surface area contributed by atoms with Crippen molar-refractivity contribution in [2.24, 2.45) is 0 Å². The molecule has 1 aliphatic rings. The number of ether oxygens (including phenoxy) is 3. The summed E-state index contributed by atoms with van der Waals surface area (Å²) in [6, 6.07) is 16.8. The topological polar surface area (TPSA) is 114 Å². The van der Waals surface area contributed by atoms with Crippen LogP contribution in [0.4, 0.5) is 5.69 Å². The highest BCUT2D eigenvalue weighted by atomic mass is 35.5. The van der Waals surface area contributed by atoms with E-state index in [0.717, 1.165) is 35.6 Å². The summed E-state index contributed by atoms with van der Waals surface area (Å²) in [4.78, 5) is 28.9. The van der Waals surface area contributed by atoms with Gasteiger partial charge in [-0.25, -0.2) is 8.42 Å². The van der Waals surface area contributed by atoms with Crippen LogP contribution in [-0.4, -0.2) is 64.6 Å². The fourth-order valence-corrected chi connectivity index (χ4v) is 6.83. The summed E-state index contributed by atoms with van der Waals surface area (Å²) in [6.45, 7) is 3.44. The van der Waals surface area contributed by atoms with Crippen molar-refractivity contribution in [3.05, 3.63) is 77.3 Å². The summed E-state index contributed by atoms with van der Waals surface area (Å²) in [6.07, 6.45) is 3.85. The Kier molecular flexibility index (Phi) is 11.6. The molecule has 1 N–H and O–H groups in total. The lowest BCUT2D eigenvalue weighted by atomic mass is 10.1. The first-order chi connectivity index (χ1) is 21.6. The fraction of sp³-hybridized carbons (Fsp3) is 0.394. The molecule has 1 aliphatic carbocycles. The van der Waals surface area contributed by atoms with E-state index in [-0.39, 0.29) is 34.8 Å². The quantitative estimate of drug-likeness (QED) is 0.246. The molecule has 0 spiro atoms. The highest BCUT2D eigenvalue weighted by Crippen LogP contribution is 2.33. The van der Waals surface area contributed by atoms with Crippen LogP contribution in [0.1, 0.15) is 45.1 Å². The first-order valence-corrected chi connectivity index (χ1v) is 16.7. The van der Waals surface area contributed by atoms with Crippen LogP contribution in [0.5, 0.6) is 17.2 Å². The number of anilines is 1. The minimum atomic E-state index is -4.32. The molecular formula is C33H40ClN3O7S. The van der Waals surface area contributed by atoms with Gasteiger partial charge in [0.1, 0.15) is 18.3 Å². The van der Waals surface area contributed by atoms with Gasteiger partial charge in [0, 0.05) is 23.7 Å². The zero-order valence-corrected chi connectivity index (χ0v) is 27.6. The summed E-state index contributed by atoms with van der Waals surface area (Å²) < 4.78 is 45.7. The molecule has 3 aromatic rings. The third-order valence-electron chi connectivity index (χ3n) is 7.79. The van der Waals surface area contributed by atoms with Crippen LogP contribution < -0.4 is 23.8 Å². The molecule has 12 heteroatoms. The molecule has 242 valence electrons. The molecule has 0 bridgehead atoms. The number of benzene rings is 3. The van der Waals surface area contributed by atoms with Gasteiger partial charge in [-0.1, -0.05) is 36.6 Å². The van der Waals surface area contributed by atoms with Crippen LogP contribution in [-0.2, 0) is 26.2 Å². The Morgan fingerprint density at radius 3 is 2.20 bits per heavy atom. The normalized spacial score (nSPS) is 14.0. The molecule has 1 fully saturated rings. The molecule has 10 nitrogen and oxygen atoms in total. The van der Waals surface area contributed by atoms with Gasteiger partial charge in [0.25, 0.3) is 10.0 Å². The molecule has 1 saturated carbocycles. The van der Waals surface area contributed by atoms with Gasteiger partial charge in [-0.05, 0) is 80.8 Å². The Labute approximate surface area is 270 Å². The first kappa shape index (κ1) is 33.9. The first-order valence-electron chi connectivity index (χ1n) is 14.9. The summed E-state index contributed by atoms with van der Waals surface area (Å²) in [5, 5.41) is 3.60. The molecule has 2 amide bonds. The monoisotopic (exact) mass is 657 g/mol. The second-order valence-corrected chi connectivity index (χ2v) is 13.1. The van der Waals surface area contributed by atoms with E-state index in [0.29, 0.717) is 23.1 Å². The van der Waals surface area contributed by atoms with Crippen molar-refractivity contribution in [1.29, 1.82) is 0 Å². The maximum atomic E-state index is 14.2. The lowest BCUT2D eigenvalue weighted by Crippen LogP contribution is -2.52. The maximum absolute atomic E-state index is 14.2. The summed E-state index contributed by atoms with van der Waals surface area (Å²) in [7, 11) is -1.45. The Morgan fingerprint density at radius 2 is 1.60 bits per heavy atom. The van der Waals surface area contributed by atoms with E-state index in [1.807, 2.05) is 6.92 Å². The van der Waals surface area contributed by atoms with Crippen molar-refractivity contribution in [3.8, 4) is 17.2 Å². The van der Waals surface area contributed by atoms with E-state index in [1.54, 1.807) is 55.5 Å². The number of nitrogens with zero attached hydrogens (tertiary/aromatic N) is 2. The number of carbonyl (C=O) groups is 2. The highest BCUT2D eigenvalue weighted by Gasteiger charge is 2.34. The van der Waals surface area contributed by atoms with Crippen LogP contribution in [0.2, 0.25) is 5.02 Å². The second kappa shape index (κ2) is 15.4. The lowest BCUT2D eigenvalue weighted by molar-refractivity contribution is -0.139. The minimum absolute atomic E-state index is 0.0539. The standard InChI is InChI=1S/C33H40ClN3O7S/c1-5-44-28-16-14-27(15-17-28)37(45(40,41)29-18-19-30(42-3)31(20-29)43-4)22-32(38)36(21-24-10-12-25(34)13-11-24)23(2)33(39)35-26-8-6-7-9-26/h10-20,23,26H,5-9,21-22H2,1-4H3,(H,35,39)/t23-/m0/s1. The number of amides is 2. The van der Waals surface area contributed by atoms with Crippen molar-refractivity contribution >= 4 is 39.1 Å². The molecule has 0 unspecified atom stereocenters. The Bertz CT molecular complexity index is 1560. The SMILES string of the molecule is CCOc1ccc(N(CC(=O)N(Cc2ccc(Cl)cc2)[C@@H](C)C(=O)NC2CCCC2)S(=O)(=O)c2ccc(OC)c(OC)c2)cc1. The van der Waals surface area contributed by atoms with E-state index >= 15 is 0 Å². The predicted molar refractivity (Wildman–Crippen MR) is 174 cm³/mol. The van der Waals surface area contributed by atoms with Crippen LogP contribution in [0.15, 0.2) is 71.6 Å². The fourth-order valence-electron chi connectivity index (χ4n) is 5.27. The van der Waals surface area contributed by atoms with E-state index in [2.05, 4.69) is 5.32 Å². The number of rotatable bonds is 14. The van der Waals surface area contributed by atoms with Gasteiger partial charge in [0.2, 0.25) is 11.8 Å². The summed E-state index contributed by atoms with van der Waals surface area (Å²) in [5.41, 5.74) is 0.986. The van der Waals surface area contributed by atoms with Crippen molar-refractivity contribution in [1.82, 2.24) is 10.2 Å². The number of halogens is 1. The number of hydrogen-bond acceptors (Lipinski definition) is 7. The van der Waals surface area contributed by atoms with Crippen molar-refractivity contribution in [2.75, 3.05) is 31.7 Å². The van der Waals surface area contributed by atoms with Crippen molar-refractivity contribution in [3.63, 3.8) is 0 Å². The summed E-state index contributed by atoms with van der Waals surface area (Å²) in [5.74, 6) is 0.281. The minimum Gasteiger partial charge on any atom is -0.494 e. The van der Waals surface area contributed by atoms with Crippen LogP contribution in [0.3, 0.4) is 0 Å². The average molecular weight is 658 g/mol. The molecule has 0 saturated heterocycles. The molecule has 0 radical (unpaired) electrons. The highest BCUT2D eigenvalue weighted by molar-refractivity contribution is 7.92. The molecule has 0 aliphatic heterocycles. The Hall–Kier alpha value is -3.96. The van der Waals surface area contributed by atoms with Gasteiger partial charge in [-0.3, -0.25) is 13.9 Å². The second-order valence-electron chi connectivity index (χ2n) is 10.8. The number of carbonyl (C=O) groups excluding carboxylic acids is 2. The number of methoxy groups -OCH3 is 2. The van der Waals surface area contributed by atoms with Gasteiger partial charge < -0.3 is 24.4 Å². The zero-order chi connectivity index (χ0) is 32.6. The van der Waals surface area contributed by atoms with E-state index < -0.39 is 28.5 Å². The number of nitrogens with one attached hydrogen (secondary N) is 1. The van der Waals surface area contributed by atoms with Gasteiger partial charge >= 0.3 is 0 Å². The molecular weight excluding hydrogens is 618 g/mol. The van der Waals surface area contributed by atoms with Gasteiger partial charge in [-0.15, -0.1) is 0 Å². The molecule has 1 atom stereocenters. The Balaban J connectivity index is 1.72. The molecule has 0 heterocycles. The molecule has 0 aromatic heterocycles. The van der Waals surface area contributed by atoms with Crippen molar-refractivity contribution in [2.45, 2.75) is 63.1 Å². The van der Waals surface area contributed by atoms with Crippen molar-refractivity contribution < 1.29 is 32.2 Å². The summed E-state index contributed by atoms with van der Waals surface area (Å²) >= 11 is 6.09. The number of sulfonamides is 1.